The maximum absolute atomic E-state index is 13.6. The van der Waals surface area contributed by atoms with Gasteiger partial charge in [-0.2, -0.15) is 0 Å². The summed E-state index contributed by atoms with van der Waals surface area (Å²) < 4.78 is 2.07. The van der Waals surface area contributed by atoms with E-state index in [9.17, 15) is 4.79 Å². The number of halogens is 1. The van der Waals surface area contributed by atoms with Gasteiger partial charge in [0.15, 0.2) is 0 Å². The number of para-hydroxylation sites is 3. The van der Waals surface area contributed by atoms with Gasteiger partial charge in [0.1, 0.15) is 0 Å². The minimum Gasteiger partial charge on any atom is -0.329 e. The van der Waals surface area contributed by atoms with Gasteiger partial charge in [-0.3, -0.25) is 9.36 Å². The standard InChI is InChI=1S/C25H21ClN4O/c1-15-8-3-4-11-19(15)28-24(31)22-16(2)27-25-29-20-12-5-6-13-21(20)30(25)23(22)17-9-7-10-18(26)14-17/h3-14,23H,1-2H3,(H,27,29)(H,28,31)/t23-/m1/s1. The molecule has 1 aromatic heterocycles. The lowest BCUT2D eigenvalue weighted by molar-refractivity contribution is -0.113. The number of aromatic nitrogens is 2. The molecule has 1 atom stereocenters. The molecule has 0 bridgehead atoms. The molecule has 1 amide bonds. The number of amides is 1. The second kappa shape index (κ2) is 7.60. The van der Waals surface area contributed by atoms with Gasteiger partial charge in [-0.25, -0.2) is 4.98 Å². The van der Waals surface area contributed by atoms with Crippen LogP contribution in [0.25, 0.3) is 11.0 Å². The topological polar surface area (TPSA) is 59.0 Å². The normalized spacial score (nSPS) is 15.5. The molecule has 1 aliphatic rings. The van der Waals surface area contributed by atoms with E-state index in [2.05, 4.69) is 15.2 Å². The number of imidazole rings is 1. The summed E-state index contributed by atoms with van der Waals surface area (Å²) in [5.74, 6) is 0.545. The summed E-state index contributed by atoms with van der Waals surface area (Å²) in [5.41, 5.74) is 5.92. The van der Waals surface area contributed by atoms with Crippen molar-refractivity contribution in [3.8, 4) is 0 Å². The molecular formula is C25H21ClN4O. The highest BCUT2D eigenvalue weighted by Crippen LogP contribution is 2.40. The Morgan fingerprint density at radius 3 is 2.61 bits per heavy atom. The quantitative estimate of drug-likeness (QED) is 0.425. The molecule has 31 heavy (non-hydrogen) atoms. The molecule has 5 nitrogen and oxygen atoms in total. The Morgan fingerprint density at radius 2 is 1.81 bits per heavy atom. The Bertz CT molecular complexity index is 1350. The monoisotopic (exact) mass is 428 g/mol. The fraction of sp³-hybridized carbons (Fsp3) is 0.120. The van der Waals surface area contributed by atoms with Crippen LogP contribution >= 0.6 is 11.6 Å². The van der Waals surface area contributed by atoms with Crippen LogP contribution in [-0.4, -0.2) is 15.5 Å². The van der Waals surface area contributed by atoms with Crippen molar-refractivity contribution in [2.75, 3.05) is 10.6 Å². The molecule has 3 aromatic carbocycles. The molecule has 0 spiro atoms. The number of carbonyl (C=O) groups excluding carboxylic acids is 1. The molecule has 0 radical (unpaired) electrons. The molecule has 4 aromatic rings. The van der Waals surface area contributed by atoms with Crippen LogP contribution < -0.4 is 10.6 Å². The van der Waals surface area contributed by atoms with Crippen molar-refractivity contribution in [3.05, 3.63) is 100 Å². The van der Waals surface area contributed by atoms with Crippen LogP contribution in [0.2, 0.25) is 5.02 Å². The van der Waals surface area contributed by atoms with Gasteiger partial charge in [0.25, 0.3) is 5.91 Å². The number of benzene rings is 3. The van der Waals surface area contributed by atoms with E-state index in [-0.39, 0.29) is 11.9 Å². The number of rotatable bonds is 3. The molecule has 0 fully saturated rings. The van der Waals surface area contributed by atoms with Gasteiger partial charge in [-0.05, 0) is 55.3 Å². The van der Waals surface area contributed by atoms with Crippen LogP contribution in [0.4, 0.5) is 11.6 Å². The van der Waals surface area contributed by atoms with E-state index in [1.165, 1.54) is 0 Å². The third-order valence-corrected chi connectivity index (χ3v) is 5.87. The van der Waals surface area contributed by atoms with E-state index in [1.54, 1.807) is 0 Å². The lowest BCUT2D eigenvalue weighted by Crippen LogP contribution is -2.31. The highest BCUT2D eigenvalue weighted by Gasteiger charge is 2.34. The highest BCUT2D eigenvalue weighted by molar-refractivity contribution is 6.30. The molecule has 0 unspecified atom stereocenters. The first-order chi connectivity index (χ1) is 15.0. The molecule has 5 rings (SSSR count). The lowest BCUT2D eigenvalue weighted by Gasteiger charge is -2.31. The van der Waals surface area contributed by atoms with Crippen molar-refractivity contribution >= 4 is 40.2 Å². The molecule has 154 valence electrons. The van der Waals surface area contributed by atoms with Crippen molar-refractivity contribution in [1.29, 1.82) is 0 Å². The van der Waals surface area contributed by atoms with E-state index >= 15 is 0 Å². The molecular weight excluding hydrogens is 408 g/mol. The first-order valence-corrected chi connectivity index (χ1v) is 10.5. The second-order valence-electron chi connectivity index (χ2n) is 7.68. The van der Waals surface area contributed by atoms with Crippen molar-refractivity contribution in [3.63, 3.8) is 0 Å². The van der Waals surface area contributed by atoms with Crippen molar-refractivity contribution in [1.82, 2.24) is 9.55 Å². The number of nitrogens with one attached hydrogen (secondary N) is 2. The maximum atomic E-state index is 13.6. The number of hydrogen-bond acceptors (Lipinski definition) is 3. The molecule has 0 saturated carbocycles. The van der Waals surface area contributed by atoms with E-state index in [1.807, 2.05) is 86.6 Å². The van der Waals surface area contributed by atoms with Crippen LogP contribution in [-0.2, 0) is 4.79 Å². The average Bonchev–Trinajstić information content (AvgIpc) is 3.12. The Kier molecular flexibility index (Phi) is 4.75. The maximum Gasteiger partial charge on any atom is 0.255 e. The smallest absolute Gasteiger partial charge is 0.255 e. The number of aryl methyl sites for hydroxylation is 1. The predicted octanol–water partition coefficient (Wildman–Crippen LogP) is 5.93. The Morgan fingerprint density at radius 1 is 1.03 bits per heavy atom. The van der Waals surface area contributed by atoms with Gasteiger partial charge < -0.3 is 10.6 Å². The number of allylic oxidation sites excluding steroid dienone is 1. The lowest BCUT2D eigenvalue weighted by atomic mass is 9.94. The van der Waals surface area contributed by atoms with Crippen LogP contribution in [0.1, 0.15) is 24.1 Å². The van der Waals surface area contributed by atoms with Gasteiger partial charge in [-0.1, -0.05) is 54.1 Å². The van der Waals surface area contributed by atoms with Gasteiger partial charge in [0.2, 0.25) is 5.95 Å². The summed E-state index contributed by atoms with van der Waals surface area (Å²) in [6, 6.07) is 23.0. The number of nitrogens with zero attached hydrogens (tertiary/aromatic N) is 2. The van der Waals surface area contributed by atoms with Crippen LogP contribution in [0.3, 0.4) is 0 Å². The Labute approximate surface area is 185 Å². The van der Waals surface area contributed by atoms with Gasteiger partial charge in [0.05, 0.1) is 22.6 Å². The number of fused-ring (bicyclic) bond motifs is 3. The third-order valence-electron chi connectivity index (χ3n) is 5.63. The van der Waals surface area contributed by atoms with Crippen molar-refractivity contribution in [2.24, 2.45) is 0 Å². The fourth-order valence-electron chi connectivity index (χ4n) is 4.15. The van der Waals surface area contributed by atoms with E-state index < -0.39 is 0 Å². The number of hydrogen-bond donors (Lipinski definition) is 2. The van der Waals surface area contributed by atoms with Crippen LogP contribution in [0.5, 0.6) is 0 Å². The van der Waals surface area contributed by atoms with E-state index in [0.29, 0.717) is 16.5 Å². The van der Waals surface area contributed by atoms with Gasteiger partial charge in [-0.15, -0.1) is 0 Å². The van der Waals surface area contributed by atoms with Crippen LogP contribution in [0, 0.1) is 6.92 Å². The SMILES string of the molecule is CC1=C(C(=O)Nc2ccccc2C)[C@@H](c2cccc(Cl)c2)n2c(nc3ccccc32)N1. The van der Waals surface area contributed by atoms with Crippen molar-refractivity contribution < 1.29 is 4.79 Å². The molecule has 0 saturated heterocycles. The van der Waals surface area contributed by atoms with Crippen LogP contribution in [0.15, 0.2) is 84.1 Å². The Hall–Kier alpha value is -3.57. The van der Waals surface area contributed by atoms with E-state index in [4.69, 9.17) is 16.6 Å². The predicted molar refractivity (Wildman–Crippen MR) is 125 cm³/mol. The van der Waals surface area contributed by atoms with Crippen molar-refractivity contribution in [2.45, 2.75) is 19.9 Å². The van der Waals surface area contributed by atoms with Gasteiger partial charge in [0, 0.05) is 16.4 Å². The first-order valence-electron chi connectivity index (χ1n) is 10.1. The highest BCUT2D eigenvalue weighted by atomic mass is 35.5. The zero-order chi connectivity index (χ0) is 21.5. The molecule has 0 aliphatic carbocycles. The fourth-order valence-corrected chi connectivity index (χ4v) is 4.35. The number of carbonyl (C=O) groups is 1. The minimum atomic E-state index is -0.369. The zero-order valence-electron chi connectivity index (χ0n) is 17.2. The second-order valence-corrected chi connectivity index (χ2v) is 8.12. The largest absolute Gasteiger partial charge is 0.329 e. The third kappa shape index (κ3) is 3.37. The molecule has 2 heterocycles. The summed E-state index contributed by atoms with van der Waals surface area (Å²) in [6.45, 7) is 3.89. The zero-order valence-corrected chi connectivity index (χ0v) is 17.9. The summed E-state index contributed by atoms with van der Waals surface area (Å²) in [7, 11) is 0. The van der Waals surface area contributed by atoms with Gasteiger partial charge >= 0.3 is 0 Å². The summed E-state index contributed by atoms with van der Waals surface area (Å²) in [4.78, 5) is 18.3. The summed E-state index contributed by atoms with van der Waals surface area (Å²) >= 11 is 6.34. The molecule has 6 heteroatoms. The van der Waals surface area contributed by atoms with E-state index in [0.717, 1.165) is 33.5 Å². The molecule has 2 N–H and O–H groups in total. The minimum absolute atomic E-state index is 0.160. The number of anilines is 2. The summed E-state index contributed by atoms with van der Waals surface area (Å²) in [5, 5.41) is 7.05. The average molecular weight is 429 g/mol. The summed E-state index contributed by atoms with van der Waals surface area (Å²) in [6.07, 6.45) is 0. The Balaban J connectivity index is 1.68. The molecule has 1 aliphatic heterocycles. The first kappa shape index (κ1) is 19.4.